The van der Waals surface area contributed by atoms with E-state index in [2.05, 4.69) is 20.9 Å². The van der Waals surface area contributed by atoms with Crippen LogP contribution in [-0.2, 0) is 9.59 Å². The Balaban J connectivity index is 1.42. The molecule has 0 unspecified atom stereocenters. The molecule has 0 fully saturated rings. The van der Waals surface area contributed by atoms with E-state index in [0.717, 1.165) is 4.90 Å². The van der Waals surface area contributed by atoms with E-state index in [1.807, 2.05) is 6.07 Å². The fourth-order valence-electron chi connectivity index (χ4n) is 3.31. The molecule has 1 aromatic heterocycles. The minimum Gasteiger partial charge on any atom is -0.325 e. The predicted octanol–water partition coefficient (Wildman–Crippen LogP) is 5.36. The van der Waals surface area contributed by atoms with Crippen LogP contribution in [-0.4, -0.2) is 28.5 Å². The molecule has 0 saturated carbocycles. The molecule has 3 aromatic carbocycles. The predicted molar refractivity (Wildman–Crippen MR) is 147 cm³/mol. The van der Waals surface area contributed by atoms with Gasteiger partial charge in [-0.15, -0.1) is 11.8 Å². The summed E-state index contributed by atoms with van der Waals surface area (Å²) in [7, 11) is 0. The van der Waals surface area contributed by atoms with Crippen molar-refractivity contribution >= 4 is 46.9 Å². The number of anilines is 2. The summed E-state index contributed by atoms with van der Waals surface area (Å²) >= 11 is 1.28. The molecule has 9 heteroatoms. The lowest BCUT2D eigenvalue weighted by molar-refractivity contribution is -0.114. The average Bonchev–Trinajstić information content (AvgIpc) is 2.94. The smallest absolute Gasteiger partial charge is 0.272 e. The standard InChI is InChI=1S/C29H23FN4O3S/c30-22-11-13-23(14-12-22)32-27(35)19-38-25-10-4-9-24(17-25)33-29(37)26(16-20-6-5-15-31-18-20)34-28(36)21-7-2-1-3-8-21/h1-18H,19H2,(H,32,35)(H,33,37)(H,34,36)/b26-16-. The molecule has 3 N–H and O–H groups in total. The van der Waals surface area contributed by atoms with E-state index in [1.165, 1.54) is 36.0 Å². The van der Waals surface area contributed by atoms with Crippen LogP contribution >= 0.6 is 11.8 Å². The molecular weight excluding hydrogens is 503 g/mol. The zero-order chi connectivity index (χ0) is 26.7. The third kappa shape index (κ3) is 7.87. The molecule has 3 amide bonds. The van der Waals surface area contributed by atoms with E-state index in [4.69, 9.17) is 0 Å². The quantitative estimate of drug-likeness (QED) is 0.201. The Morgan fingerprint density at radius 3 is 2.37 bits per heavy atom. The van der Waals surface area contributed by atoms with Gasteiger partial charge in [-0.1, -0.05) is 30.3 Å². The van der Waals surface area contributed by atoms with Gasteiger partial charge in [0, 0.05) is 34.2 Å². The van der Waals surface area contributed by atoms with Gasteiger partial charge in [0.25, 0.3) is 11.8 Å². The second-order valence-electron chi connectivity index (χ2n) is 7.99. The number of amides is 3. The molecule has 0 saturated heterocycles. The Labute approximate surface area is 223 Å². The highest BCUT2D eigenvalue weighted by molar-refractivity contribution is 8.00. The van der Waals surface area contributed by atoms with Crippen LogP contribution in [0.25, 0.3) is 6.08 Å². The Kier molecular flexibility index (Phi) is 8.98. The third-order valence-corrected chi connectivity index (χ3v) is 6.11. The molecule has 0 atom stereocenters. The van der Waals surface area contributed by atoms with Crippen LogP contribution in [0.4, 0.5) is 15.8 Å². The fourth-order valence-corrected chi connectivity index (χ4v) is 4.07. The number of nitrogens with zero attached hydrogens (tertiary/aromatic N) is 1. The molecule has 0 radical (unpaired) electrons. The number of carbonyl (C=O) groups excluding carboxylic acids is 3. The molecule has 0 spiro atoms. The van der Waals surface area contributed by atoms with E-state index >= 15 is 0 Å². The van der Waals surface area contributed by atoms with Crippen molar-refractivity contribution in [3.8, 4) is 0 Å². The first kappa shape index (κ1) is 26.3. The van der Waals surface area contributed by atoms with Gasteiger partial charge < -0.3 is 16.0 Å². The number of pyridine rings is 1. The van der Waals surface area contributed by atoms with E-state index < -0.39 is 11.8 Å². The molecule has 1 heterocycles. The SMILES string of the molecule is O=C(CSc1cccc(NC(=O)/C(=C/c2cccnc2)NC(=O)c2ccccc2)c1)Nc1ccc(F)cc1. The average molecular weight is 527 g/mol. The maximum atomic E-state index is 13.2. The van der Waals surface area contributed by atoms with Crippen molar-refractivity contribution in [3.05, 3.63) is 126 Å². The summed E-state index contributed by atoms with van der Waals surface area (Å²) in [4.78, 5) is 43.0. The summed E-state index contributed by atoms with van der Waals surface area (Å²) in [5.41, 5.74) is 2.09. The minimum absolute atomic E-state index is 0.0450. The monoisotopic (exact) mass is 526 g/mol. The number of hydrogen-bond donors (Lipinski definition) is 3. The Bertz CT molecular complexity index is 1450. The number of rotatable bonds is 9. The Morgan fingerprint density at radius 1 is 0.842 bits per heavy atom. The van der Waals surface area contributed by atoms with Crippen molar-refractivity contribution in [1.29, 1.82) is 0 Å². The van der Waals surface area contributed by atoms with Crippen molar-refractivity contribution in [2.75, 3.05) is 16.4 Å². The summed E-state index contributed by atoms with van der Waals surface area (Å²) in [6.07, 6.45) is 4.74. The minimum atomic E-state index is -0.519. The lowest BCUT2D eigenvalue weighted by Crippen LogP contribution is -2.30. The number of carbonyl (C=O) groups is 3. The molecule has 0 aliphatic carbocycles. The zero-order valence-corrected chi connectivity index (χ0v) is 20.9. The van der Waals surface area contributed by atoms with E-state index in [0.29, 0.717) is 22.5 Å². The van der Waals surface area contributed by atoms with Crippen molar-refractivity contribution in [3.63, 3.8) is 0 Å². The highest BCUT2D eigenvalue weighted by atomic mass is 32.2. The number of thioether (sulfide) groups is 1. The lowest BCUT2D eigenvalue weighted by atomic mass is 10.2. The summed E-state index contributed by atoms with van der Waals surface area (Å²) < 4.78 is 13.0. The van der Waals surface area contributed by atoms with Crippen molar-refractivity contribution in [2.24, 2.45) is 0 Å². The van der Waals surface area contributed by atoms with Crippen molar-refractivity contribution in [1.82, 2.24) is 10.3 Å². The highest BCUT2D eigenvalue weighted by Gasteiger charge is 2.15. The summed E-state index contributed by atoms with van der Waals surface area (Å²) in [5.74, 6) is -1.45. The first-order valence-electron chi connectivity index (χ1n) is 11.5. The van der Waals surface area contributed by atoms with Gasteiger partial charge in [-0.05, 0) is 72.3 Å². The van der Waals surface area contributed by atoms with E-state index in [1.54, 1.807) is 79.1 Å². The van der Waals surface area contributed by atoms with E-state index in [9.17, 15) is 18.8 Å². The summed E-state index contributed by atoms with van der Waals surface area (Å²) in [5, 5.41) is 8.19. The van der Waals surface area contributed by atoms with Gasteiger partial charge in [0.1, 0.15) is 11.5 Å². The van der Waals surface area contributed by atoms with Gasteiger partial charge in [-0.3, -0.25) is 19.4 Å². The summed E-state index contributed by atoms with van der Waals surface area (Å²) in [6, 6.07) is 24.6. The second kappa shape index (κ2) is 13.0. The zero-order valence-electron chi connectivity index (χ0n) is 20.1. The number of aromatic nitrogens is 1. The van der Waals surface area contributed by atoms with Gasteiger partial charge in [0.05, 0.1) is 5.75 Å². The maximum absolute atomic E-state index is 13.2. The first-order chi connectivity index (χ1) is 18.5. The summed E-state index contributed by atoms with van der Waals surface area (Å²) in [6.45, 7) is 0. The first-order valence-corrected chi connectivity index (χ1v) is 12.5. The molecule has 38 heavy (non-hydrogen) atoms. The van der Waals surface area contributed by atoms with Crippen molar-refractivity contribution < 1.29 is 18.8 Å². The van der Waals surface area contributed by atoms with Crippen LogP contribution in [0, 0.1) is 5.82 Å². The third-order valence-electron chi connectivity index (χ3n) is 5.11. The molecule has 0 bridgehead atoms. The van der Waals surface area contributed by atoms with Crippen molar-refractivity contribution in [2.45, 2.75) is 4.90 Å². The molecule has 7 nitrogen and oxygen atoms in total. The number of halogens is 1. The number of benzene rings is 3. The molecular formula is C29H23FN4O3S. The fraction of sp³-hybridized carbons (Fsp3) is 0.0345. The Morgan fingerprint density at radius 2 is 1.63 bits per heavy atom. The number of nitrogens with one attached hydrogen (secondary N) is 3. The maximum Gasteiger partial charge on any atom is 0.272 e. The van der Waals surface area contributed by atoms with Gasteiger partial charge in [-0.2, -0.15) is 0 Å². The topological polar surface area (TPSA) is 100 Å². The van der Waals surface area contributed by atoms with Crippen LogP contribution in [0.5, 0.6) is 0 Å². The second-order valence-corrected chi connectivity index (χ2v) is 9.04. The van der Waals surface area contributed by atoms with Gasteiger partial charge in [-0.25, -0.2) is 4.39 Å². The molecule has 190 valence electrons. The van der Waals surface area contributed by atoms with Crippen LogP contribution in [0.15, 0.2) is 114 Å². The van der Waals surface area contributed by atoms with Gasteiger partial charge in [0.2, 0.25) is 5.91 Å². The number of hydrogen-bond acceptors (Lipinski definition) is 5. The molecule has 0 aliphatic rings. The van der Waals surface area contributed by atoms with E-state index in [-0.39, 0.29) is 23.2 Å². The normalized spacial score (nSPS) is 10.9. The molecule has 4 aromatic rings. The van der Waals surface area contributed by atoms with Gasteiger partial charge in [0.15, 0.2) is 0 Å². The van der Waals surface area contributed by atoms with Gasteiger partial charge >= 0.3 is 0 Å². The highest BCUT2D eigenvalue weighted by Crippen LogP contribution is 2.22. The lowest BCUT2D eigenvalue weighted by Gasteiger charge is -2.12. The van der Waals surface area contributed by atoms with Crippen LogP contribution in [0.2, 0.25) is 0 Å². The largest absolute Gasteiger partial charge is 0.325 e. The van der Waals surface area contributed by atoms with Crippen LogP contribution in [0.3, 0.4) is 0 Å². The molecule has 0 aliphatic heterocycles. The van der Waals surface area contributed by atoms with Crippen LogP contribution < -0.4 is 16.0 Å². The Hall–Kier alpha value is -4.76. The van der Waals surface area contributed by atoms with Crippen LogP contribution in [0.1, 0.15) is 15.9 Å². The molecule has 4 rings (SSSR count).